The molecule has 8 nitrogen and oxygen atoms in total. The number of benzene rings is 2. The summed E-state index contributed by atoms with van der Waals surface area (Å²) in [5, 5.41) is 22.6. The second-order valence-electron chi connectivity index (χ2n) is 10.2. The molecule has 0 radical (unpaired) electrons. The number of aromatic nitrogens is 2. The lowest BCUT2D eigenvalue weighted by molar-refractivity contribution is 0.0698. The molecule has 0 saturated carbocycles. The first-order valence-corrected chi connectivity index (χ1v) is 11.8. The predicted molar refractivity (Wildman–Crippen MR) is 137 cm³/mol. The number of rotatable bonds is 5. The van der Waals surface area contributed by atoms with Crippen molar-refractivity contribution in [2.24, 2.45) is 12.5 Å². The van der Waals surface area contributed by atoms with Crippen LogP contribution in [0.2, 0.25) is 0 Å². The Morgan fingerprint density at radius 3 is 2.54 bits per heavy atom. The average Bonchev–Trinajstić information content (AvgIpc) is 2.81. The Hall–Kier alpha value is -3.86. The van der Waals surface area contributed by atoms with E-state index in [4.69, 9.17) is 10.2 Å². The van der Waals surface area contributed by atoms with Gasteiger partial charge in [0.15, 0.2) is 0 Å². The first-order valence-electron chi connectivity index (χ1n) is 11.8. The number of aromatic carboxylic acids is 1. The number of carboxylic acid groups (broad SMARTS) is 1. The number of aryl methyl sites for hydroxylation is 1. The fourth-order valence-corrected chi connectivity index (χ4v) is 4.69. The molecule has 2 N–H and O–H groups in total. The topological polar surface area (TPSA) is 111 Å². The van der Waals surface area contributed by atoms with E-state index in [-0.39, 0.29) is 28.1 Å². The number of anilines is 2. The molecular formula is C27H31N5O3. The first-order chi connectivity index (χ1) is 16.5. The number of carbonyl (C=O) groups is 1. The summed E-state index contributed by atoms with van der Waals surface area (Å²) in [7, 11) is 1.77. The maximum absolute atomic E-state index is 13.4. The van der Waals surface area contributed by atoms with Crippen molar-refractivity contribution < 1.29 is 9.90 Å². The highest BCUT2D eigenvalue weighted by Gasteiger charge is 2.28. The Bertz CT molecular complexity index is 1410. The van der Waals surface area contributed by atoms with Crippen LogP contribution in [0.4, 0.5) is 11.6 Å². The van der Waals surface area contributed by atoms with Crippen LogP contribution in [0.3, 0.4) is 0 Å². The third-order valence-corrected chi connectivity index (χ3v) is 6.95. The van der Waals surface area contributed by atoms with Crippen LogP contribution < -0.4 is 15.8 Å². The highest BCUT2D eigenvalue weighted by atomic mass is 16.4. The van der Waals surface area contributed by atoms with Crippen LogP contribution in [0.15, 0.2) is 35.1 Å². The minimum absolute atomic E-state index is 0.0216. The summed E-state index contributed by atoms with van der Waals surface area (Å²) >= 11 is 0. The van der Waals surface area contributed by atoms with Gasteiger partial charge in [-0.1, -0.05) is 19.9 Å². The van der Waals surface area contributed by atoms with Crippen molar-refractivity contribution in [2.45, 2.75) is 46.6 Å². The number of nitriles is 1. The molecule has 182 valence electrons. The monoisotopic (exact) mass is 473 g/mol. The van der Waals surface area contributed by atoms with Crippen LogP contribution in [0, 0.1) is 23.7 Å². The van der Waals surface area contributed by atoms with Gasteiger partial charge in [-0.25, -0.2) is 9.78 Å². The molecule has 0 bridgehead atoms. The summed E-state index contributed by atoms with van der Waals surface area (Å²) in [4.78, 5) is 32.4. The molecule has 1 saturated heterocycles. The molecule has 1 aliphatic rings. The highest BCUT2D eigenvalue weighted by molar-refractivity contribution is 5.95. The average molecular weight is 474 g/mol. The second kappa shape index (κ2) is 9.06. The maximum atomic E-state index is 13.4. The molecule has 2 heterocycles. The van der Waals surface area contributed by atoms with Gasteiger partial charge in [0, 0.05) is 31.4 Å². The highest BCUT2D eigenvalue weighted by Crippen LogP contribution is 2.33. The van der Waals surface area contributed by atoms with Crippen molar-refractivity contribution in [1.82, 2.24) is 9.55 Å². The summed E-state index contributed by atoms with van der Waals surface area (Å²) in [6, 6.07) is 10.0. The van der Waals surface area contributed by atoms with Gasteiger partial charge in [0.25, 0.3) is 5.56 Å². The molecule has 2 aromatic carbocycles. The van der Waals surface area contributed by atoms with Crippen LogP contribution in [0.1, 0.15) is 66.7 Å². The summed E-state index contributed by atoms with van der Waals surface area (Å²) < 4.78 is 1.63. The smallest absolute Gasteiger partial charge is 0.337 e. The second-order valence-corrected chi connectivity index (χ2v) is 10.2. The molecule has 4 rings (SSSR count). The standard InChI is InChI=1S/C27H31N5O3/c1-16-12-19(17(2)29-22-7-6-18(15-28)14-20(22)25(34)35)23-21(13-16)24(33)31(5)26(30-23)32-10-8-27(3,4)9-11-32/h6-7,12-14,17,29H,8-11H2,1-5H3,(H,34,35). The number of piperidine rings is 1. The fourth-order valence-electron chi connectivity index (χ4n) is 4.69. The third kappa shape index (κ3) is 4.72. The van der Waals surface area contributed by atoms with Gasteiger partial charge in [-0.3, -0.25) is 9.36 Å². The van der Waals surface area contributed by atoms with Crippen LogP contribution >= 0.6 is 0 Å². The predicted octanol–water partition coefficient (Wildman–Crippen LogP) is 4.61. The molecule has 1 aliphatic heterocycles. The van der Waals surface area contributed by atoms with Gasteiger partial charge in [-0.15, -0.1) is 0 Å². The largest absolute Gasteiger partial charge is 0.478 e. The van der Waals surface area contributed by atoms with Crippen molar-refractivity contribution in [1.29, 1.82) is 5.26 Å². The zero-order valence-corrected chi connectivity index (χ0v) is 20.8. The minimum atomic E-state index is -1.12. The summed E-state index contributed by atoms with van der Waals surface area (Å²) in [6.45, 7) is 10.0. The minimum Gasteiger partial charge on any atom is -0.478 e. The number of hydrogen-bond acceptors (Lipinski definition) is 6. The summed E-state index contributed by atoms with van der Waals surface area (Å²) in [6.07, 6.45) is 2.05. The summed E-state index contributed by atoms with van der Waals surface area (Å²) in [5.74, 6) is -0.465. The van der Waals surface area contributed by atoms with Crippen LogP contribution in [-0.4, -0.2) is 33.7 Å². The van der Waals surface area contributed by atoms with E-state index < -0.39 is 5.97 Å². The van der Waals surface area contributed by atoms with Gasteiger partial charge in [0.2, 0.25) is 5.95 Å². The Kier molecular flexibility index (Phi) is 6.28. The number of nitrogens with zero attached hydrogens (tertiary/aromatic N) is 4. The zero-order valence-electron chi connectivity index (χ0n) is 20.8. The van der Waals surface area contributed by atoms with Crippen molar-refractivity contribution in [3.8, 4) is 6.07 Å². The van der Waals surface area contributed by atoms with Gasteiger partial charge in [0.05, 0.1) is 34.1 Å². The van der Waals surface area contributed by atoms with Crippen LogP contribution in [0.25, 0.3) is 10.9 Å². The van der Waals surface area contributed by atoms with Gasteiger partial charge < -0.3 is 15.3 Å². The number of hydrogen-bond donors (Lipinski definition) is 2. The van der Waals surface area contributed by atoms with E-state index in [1.54, 1.807) is 23.7 Å². The van der Waals surface area contributed by atoms with E-state index in [9.17, 15) is 14.7 Å². The van der Waals surface area contributed by atoms with E-state index in [0.717, 1.165) is 37.1 Å². The zero-order chi connectivity index (χ0) is 25.5. The Balaban J connectivity index is 1.79. The summed E-state index contributed by atoms with van der Waals surface area (Å²) in [5.41, 5.74) is 3.23. The Morgan fingerprint density at radius 1 is 1.23 bits per heavy atom. The molecule has 35 heavy (non-hydrogen) atoms. The van der Waals surface area contributed by atoms with Crippen LogP contribution in [-0.2, 0) is 7.05 Å². The van der Waals surface area contributed by atoms with E-state index in [0.29, 0.717) is 22.5 Å². The lowest BCUT2D eigenvalue weighted by atomic mass is 9.83. The van der Waals surface area contributed by atoms with E-state index >= 15 is 0 Å². The normalized spacial score (nSPS) is 16.1. The van der Waals surface area contributed by atoms with Crippen molar-refractivity contribution in [2.75, 3.05) is 23.3 Å². The fraction of sp³-hybridized carbons (Fsp3) is 0.407. The number of nitrogens with one attached hydrogen (secondary N) is 1. The quantitative estimate of drug-likeness (QED) is 0.556. The van der Waals surface area contributed by atoms with Gasteiger partial charge >= 0.3 is 5.97 Å². The van der Waals surface area contributed by atoms with Gasteiger partial charge in [-0.2, -0.15) is 5.26 Å². The van der Waals surface area contributed by atoms with Gasteiger partial charge in [0.1, 0.15) is 0 Å². The molecule has 0 amide bonds. The molecule has 3 aromatic rings. The SMILES string of the molecule is Cc1cc(C(C)Nc2ccc(C#N)cc2C(=O)O)c2nc(N3CCC(C)(C)CC3)n(C)c(=O)c2c1. The molecule has 0 aliphatic carbocycles. The van der Waals surface area contributed by atoms with Crippen LogP contribution in [0.5, 0.6) is 0 Å². The molecular weight excluding hydrogens is 442 g/mol. The number of fused-ring (bicyclic) bond motifs is 1. The van der Waals surface area contributed by atoms with E-state index in [1.807, 2.05) is 32.0 Å². The lowest BCUT2D eigenvalue weighted by Gasteiger charge is -2.38. The maximum Gasteiger partial charge on any atom is 0.337 e. The lowest BCUT2D eigenvalue weighted by Crippen LogP contribution is -2.40. The molecule has 8 heteroatoms. The first kappa shape index (κ1) is 24.3. The molecule has 1 fully saturated rings. The van der Waals surface area contributed by atoms with E-state index in [2.05, 4.69) is 24.1 Å². The Labute approximate surface area is 204 Å². The Morgan fingerprint density at radius 2 is 1.91 bits per heavy atom. The third-order valence-electron chi connectivity index (χ3n) is 6.95. The molecule has 1 aromatic heterocycles. The van der Waals surface area contributed by atoms with Gasteiger partial charge in [-0.05, 0) is 61.9 Å². The molecule has 0 spiro atoms. The van der Waals surface area contributed by atoms with E-state index in [1.165, 1.54) is 6.07 Å². The number of carboxylic acids is 1. The van der Waals surface area contributed by atoms with Crippen molar-refractivity contribution in [3.05, 3.63) is 62.9 Å². The van der Waals surface area contributed by atoms with Crippen molar-refractivity contribution in [3.63, 3.8) is 0 Å². The molecule has 1 unspecified atom stereocenters. The van der Waals surface area contributed by atoms with Crippen molar-refractivity contribution >= 4 is 28.5 Å². The molecule has 1 atom stereocenters.